The number of hydrogen-bond acceptors (Lipinski definition) is 3. The lowest BCUT2D eigenvalue weighted by Gasteiger charge is -2.22. The highest BCUT2D eigenvalue weighted by molar-refractivity contribution is 5.86. The van der Waals surface area contributed by atoms with E-state index in [2.05, 4.69) is 22.5 Å². The average molecular weight is 203 g/mol. The van der Waals surface area contributed by atoms with Gasteiger partial charge in [0, 0.05) is 31.6 Å². The van der Waals surface area contributed by atoms with Crippen LogP contribution in [0.15, 0.2) is 35.4 Å². The first kappa shape index (κ1) is 10.2. The van der Waals surface area contributed by atoms with Crippen molar-refractivity contribution in [2.45, 2.75) is 12.8 Å². The topological polar surface area (TPSA) is 27.6 Å². The van der Waals surface area contributed by atoms with Crippen LogP contribution >= 0.6 is 0 Å². The molecule has 15 heavy (non-hydrogen) atoms. The zero-order valence-electron chi connectivity index (χ0n) is 9.11. The van der Waals surface area contributed by atoms with E-state index in [4.69, 9.17) is 0 Å². The summed E-state index contributed by atoms with van der Waals surface area (Å²) in [6.07, 6.45) is 2.16. The van der Waals surface area contributed by atoms with Crippen LogP contribution in [0, 0.1) is 0 Å². The molecule has 0 saturated carbocycles. The van der Waals surface area contributed by atoms with Crippen LogP contribution in [-0.2, 0) is 0 Å². The molecule has 0 spiro atoms. The first-order chi connectivity index (χ1) is 7.34. The molecular weight excluding hydrogens is 186 g/mol. The van der Waals surface area contributed by atoms with Gasteiger partial charge >= 0.3 is 0 Å². The molecule has 1 aliphatic rings. The lowest BCUT2D eigenvalue weighted by Crippen LogP contribution is -2.30. The standard InChI is InChI=1S/C12H17N3/c1-15-9-7-12(8-10-15)14-13-11-5-3-2-4-6-11/h2-6,13H,7-10H2,1H3. The van der Waals surface area contributed by atoms with Gasteiger partial charge in [-0.3, -0.25) is 5.43 Å². The third-order valence-electron chi connectivity index (χ3n) is 2.68. The summed E-state index contributed by atoms with van der Waals surface area (Å²) in [4.78, 5) is 2.33. The molecule has 0 aliphatic carbocycles. The number of anilines is 1. The Bertz CT molecular complexity index is 322. The quantitative estimate of drug-likeness (QED) is 0.746. The second-order valence-electron chi connectivity index (χ2n) is 3.96. The highest BCUT2D eigenvalue weighted by Gasteiger charge is 2.10. The van der Waals surface area contributed by atoms with Crippen LogP contribution in [0.25, 0.3) is 0 Å². The Balaban J connectivity index is 1.89. The predicted molar refractivity (Wildman–Crippen MR) is 64.2 cm³/mol. The highest BCUT2D eigenvalue weighted by atomic mass is 15.3. The molecular formula is C12H17N3. The summed E-state index contributed by atoms with van der Waals surface area (Å²) in [5.41, 5.74) is 5.43. The highest BCUT2D eigenvalue weighted by Crippen LogP contribution is 2.08. The maximum absolute atomic E-state index is 4.43. The molecule has 1 aromatic rings. The molecule has 3 heteroatoms. The van der Waals surface area contributed by atoms with Crippen LogP contribution in [-0.4, -0.2) is 30.7 Å². The number of benzene rings is 1. The Morgan fingerprint density at radius 3 is 2.47 bits per heavy atom. The fourth-order valence-corrected chi connectivity index (χ4v) is 1.64. The summed E-state index contributed by atoms with van der Waals surface area (Å²) in [6, 6.07) is 10.1. The Kier molecular flexibility index (Phi) is 3.35. The van der Waals surface area contributed by atoms with Gasteiger partial charge < -0.3 is 4.90 Å². The SMILES string of the molecule is CN1CCC(=NNc2ccccc2)CC1. The number of piperidine rings is 1. The molecule has 1 saturated heterocycles. The van der Waals surface area contributed by atoms with E-state index in [0.717, 1.165) is 31.6 Å². The van der Waals surface area contributed by atoms with Gasteiger partial charge in [-0.15, -0.1) is 0 Å². The minimum atomic E-state index is 1.06. The normalized spacial score (nSPS) is 17.5. The second kappa shape index (κ2) is 4.94. The summed E-state index contributed by atoms with van der Waals surface area (Å²) in [7, 11) is 2.15. The molecule has 1 N–H and O–H groups in total. The molecule has 80 valence electrons. The van der Waals surface area contributed by atoms with Gasteiger partial charge in [0.15, 0.2) is 0 Å². The predicted octanol–water partition coefficient (Wildman–Crippen LogP) is 2.18. The molecule has 2 rings (SSSR count). The molecule has 1 aromatic carbocycles. The lowest BCUT2D eigenvalue weighted by atomic mass is 10.1. The number of hydrazone groups is 1. The first-order valence-electron chi connectivity index (χ1n) is 5.39. The molecule has 0 radical (unpaired) electrons. The summed E-state index contributed by atoms with van der Waals surface area (Å²) in [6.45, 7) is 2.24. The summed E-state index contributed by atoms with van der Waals surface area (Å²) in [5.74, 6) is 0. The number of para-hydroxylation sites is 1. The van der Waals surface area contributed by atoms with E-state index < -0.39 is 0 Å². The van der Waals surface area contributed by atoms with Crippen molar-refractivity contribution in [2.24, 2.45) is 5.10 Å². The number of likely N-dealkylation sites (tertiary alicyclic amines) is 1. The number of rotatable bonds is 2. The van der Waals surface area contributed by atoms with E-state index in [1.54, 1.807) is 0 Å². The molecule has 1 fully saturated rings. The van der Waals surface area contributed by atoms with E-state index in [-0.39, 0.29) is 0 Å². The van der Waals surface area contributed by atoms with Crippen molar-refractivity contribution < 1.29 is 0 Å². The smallest absolute Gasteiger partial charge is 0.0561 e. The summed E-state index contributed by atoms with van der Waals surface area (Å²) < 4.78 is 0. The van der Waals surface area contributed by atoms with Gasteiger partial charge in [-0.1, -0.05) is 18.2 Å². The molecule has 0 aromatic heterocycles. The van der Waals surface area contributed by atoms with Crippen LogP contribution in [0.3, 0.4) is 0 Å². The van der Waals surface area contributed by atoms with Crippen LogP contribution in [0.5, 0.6) is 0 Å². The number of hydrogen-bond donors (Lipinski definition) is 1. The van der Waals surface area contributed by atoms with Gasteiger partial charge in [-0.05, 0) is 19.2 Å². The molecule has 1 heterocycles. The maximum Gasteiger partial charge on any atom is 0.0561 e. The number of nitrogens with one attached hydrogen (secondary N) is 1. The second-order valence-corrected chi connectivity index (χ2v) is 3.96. The van der Waals surface area contributed by atoms with E-state index in [9.17, 15) is 0 Å². The van der Waals surface area contributed by atoms with Gasteiger partial charge in [0.25, 0.3) is 0 Å². The molecule has 0 amide bonds. The van der Waals surface area contributed by atoms with Gasteiger partial charge in [0.05, 0.1) is 5.69 Å². The van der Waals surface area contributed by atoms with Crippen molar-refractivity contribution >= 4 is 11.4 Å². The Hall–Kier alpha value is -1.35. The fraction of sp³-hybridized carbons (Fsp3) is 0.417. The van der Waals surface area contributed by atoms with Crippen LogP contribution in [0.2, 0.25) is 0 Å². The number of nitrogens with zero attached hydrogens (tertiary/aromatic N) is 2. The minimum Gasteiger partial charge on any atom is -0.306 e. The lowest BCUT2D eigenvalue weighted by molar-refractivity contribution is 0.336. The van der Waals surface area contributed by atoms with Gasteiger partial charge in [0.2, 0.25) is 0 Å². The summed E-state index contributed by atoms with van der Waals surface area (Å²) >= 11 is 0. The molecule has 0 unspecified atom stereocenters. The molecule has 0 atom stereocenters. The largest absolute Gasteiger partial charge is 0.306 e. The van der Waals surface area contributed by atoms with Gasteiger partial charge in [0.1, 0.15) is 0 Å². The third kappa shape index (κ3) is 3.06. The minimum absolute atomic E-state index is 1.06. The Morgan fingerprint density at radius 2 is 1.80 bits per heavy atom. The van der Waals surface area contributed by atoms with Crippen molar-refractivity contribution in [3.8, 4) is 0 Å². The molecule has 0 bridgehead atoms. The van der Waals surface area contributed by atoms with Crippen LogP contribution < -0.4 is 5.43 Å². The van der Waals surface area contributed by atoms with Crippen molar-refractivity contribution in [1.29, 1.82) is 0 Å². The zero-order valence-corrected chi connectivity index (χ0v) is 9.11. The van der Waals surface area contributed by atoms with Crippen LogP contribution in [0.1, 0.15) is 12.8 Å². The van der Waals surface area contributed by atoms with Crippen molar-refractivity contribution in [3.05, 3.63) is 30.3 Å². The van der Waals surface area contributed by atoms with E-state index in [1.165, 1.54) is 5.71 Å². The fourth-order valence-electron chi connectivity index (χ4n) is 1.64. The molecule has 3 nitrogen and oxygen atoms in total. The Morgan fingerprint density at radius 1 is 1.13 bits per heavy atom. The van der Waals surface area contributed by atoms with E-state index in [1.807, 2.05) is 30.3 Å². The zero-order chi connectivity index (χ0) is 10.5. The molecule has 1 aliphatic heterocycles. The Labute approximate surface area is 90.8 Å². The van der Waals surface area contributed by atoms with Gasteiger partial charge in [-0.2, -0.15) is 5.10 Å². The van der Waals surface area contributed by atoms with Gasteiger partial charge in [-0.25, -0.2) is 0 Å². The maximum atomic E-state index is 4.43. The average Bonchev–Trinajstić information content (AvgIpc) is 2.30. The first-order valence-corrected chi connectivity index (χ1v) is 5.39. The van der Waals surface area contributed by atoms with E-state index >= 15 is 0 Å². The monoisotopic (exact) mass is 203 g/mol. The van der Waals surface area contributed by atoms with Crippen LogP contribution in [0.4, 0.5) is 5.69 Å². The van der Waals surface area contributed by atoms with Crippen molar-refractivity contribution in [1.82, 2.24) is 4.90 Å². The van der Waals surface area contributed by atoms with Crippen molar-refractivity contribution in [2.75, 3.05) is 25.6 Å². The van der Waals surface area contributed by atoms with E-state index in [0.29, 0.717) is 0 Å². The van der Waals surface area contributed by atoms with Crippen molar-refractivity contribution in [3.63, 3.8) is 0 Å². The summed E-state index contributed by atoms with van der Waals surface area (Å²) in [5, 5.41) is 4.43. The third-order valence-corrected chi connectivity index (χ3v) is 2.68.